The second kappa shape index (κ2) is 10.4. The Bertz CT molecular complexity index is 805. The number of benzene rings is 2. The van der Waals surface area contributed by atoms with Gasteiger partial charge in [0.05, 0.1) is 17.8 Å². The van der Waals surface area contributed by atoms with Gasteiger partial charge in [0.2, 0.25) is 0 Å². The van der Waals surface area contributed by atoms with E-state index in [1.165, 1.54) is 10.5 Å². The van der Waals surface area contributed by atoms with Crippen molar-refractivity contribution in [3.8, 4) is 5.75 Å². The van der Waals surface area contributed by atoms with Crippen LogP contribution in [-0.4, -0.2) is 52.0 Å². The quantitative estimate of drug-likeness (QED) is 0.410. The summed E-state index contributed by atoms with van der Waals surface area (Å²) in [4.78, 5) is 15.1. The van der Waals surface area contributed by atoms with Gasteiger partial charge in [-0.1, -0.05) is 30.3 Å². The molecule has 3 rings (SSSR count). The van der Waals surface area contributed by atoms with E-state index in [9.17, 15) is 4.79 Å². The van der Waals surface area contributed by atoms with Gasteiger partial charge < -0.3 is 14.5 Å². The molecule has 1 fully saturated rings. The molecule has 0 aromatic heterocycles. The Morgan fingerprint density at radius 1 is 1.14 bits per heavy atom. The van der Waals surface area contributed by atoms with E-state index in [0.29, 0.717) is 6.54 Å². The number of amides is 1. The summed E-state index contributed by atoms with van der Waals surface area (Å²) in [5.74, 6) is 0.712. The lowest BCUT2D eigenvalue weighted by Crippen LogP contribution is -3.28. The number of hydrazone groups is 1. The van der Waals surface area contributed by atoms with Crippen LogP contribution in [0.15, 0.2) is 58.1 Å². The molecule has 7 heteroatoms. The summed E-state index contributed by atoms with van der Waals surface area (Å²) in [6.07, 6.45) is 1.64. The van der Waals surface area contributed by atoms with Gasteiger partial charge >= 0.3 is 0 Å². The monoisotopic (exact) mass is 446 g/mol. The van der Waals surface area contributed by atoms with E-state index < -0.39 is 0 Å². The molecule has 0 atom stereocenters. The molecule has 1 amide bonds. The zero-order valence-electron chi connectivity index (χ0n) is 16.1. The molecule has 148 valence electrons. The number of nitrogens with one attached hydrogen (secondary N) is 3. The lowest BCUT2D eigenvalue weighted by molar-refractivity contribution is -1.02. The number of ether oxygens (including phenoxy) is 1. The Labute approximate surface area is 174 Å². The predicted octanol–water partition coefficient (Wildman–Crippen LogP) is -0.109. The van der Waals surface area contributed by atoms with Crippen LogP contribution in [0.5, 0.6) is 5.75 Å². The van der Waals surface area contributed by atoms with E-state index in [1.807, 2.05) is 18.2 Å². The molecule has 0 unspecified atom stereocenters. The Kier molecular flexibility index (Phi) is 7.59. The molecule has 3 N–H and O–H groups in total. The maximum absolute atomic E-state index is 12.2. The number of quaternary nitrogens is 2. The molecule has 1 aliphatic rings. The average molecular weight is 447 g/mol. The largest absolute Gasteiger partial charge is 0.496 e. The molecule has 1 saturated heterocycles. The van der Waals surface area contributed by atoms with Crippen molar-refractivity contribution < 1.29 is 19.3 Å². The first-order valence-corrected chi connectivity index (χ1v) is 10.3. The zero-order chi connectivity index (χ0) is 19.8. The van der Waals surface area contributed by atoms with Gasteiger partial charge in [0.15, 0.2) is 6.54 Å². The Hall–Kier alpha value is -2.22. The number of carbonyl (C=O) groups is 1. The van der Waals surface area contributed by atoms with Crippen LogP contribution < -0.4 is 20.0 Å². The highest BCUT2D eigenvalue weighted by atomic mass is 79.9. The first-order chi connectivity index (χ1) is 13.6. The second-order valence-electron chi connectivity index (χ2n) is 7.03. The van der Waals surface area contributed by atoms with E-state index in [4.69, 9.17) is 4.74 Å². The third-order valence-electron chi connectivity index (χ3n) is 4.95. The van der Waals surface area contributed by atoms with E-state index in [1.54, 1.807) is 18.2 Å². The Morgan fingerprint density at radius 3 is 2.54 bits per heavy atom. The highest BCUT2D eigenvalue weighted by Gasteiger charge is 2.24. The summed E-state index contributed by atoms with van der Waals surface area (Å²) in [5, 5.41) is 4.07. The number of halogens is 1. The SMILES string of the molecule is COc1ccc(C=NNC(=O)C[NH+]2CC[NH+](Cc3ccccc3)CC2)cc1Br. The summed E-state index contributed by atoms with van der Waals surface area (Å²) in [7, 11) is 1.62. The molecule has 0 aliphatic carbocycles. The van der Waals surface area contributed by atoms with E-state index in [0.717, 1.165) is 48.5 Å². The highest BCUT2D eigenvalue weighted by molar-refractivity contribution is 9.10. The molecule has 6 nitrogen and oxygen atoms in total. The van der Waals surface area contributed by atoms with Crippen molar-refractivity contribution in [3.05, 3.63) is 64.1 Å². The minimum absolute atomic E-state index is 0.0506. The molecule has 1 heterocycles. The first-order valence-electron chi connectivity index (χ1n) is 9.50. The smallest absolute Gasteiger partial charge is 0.295 e. The van der Waals surface area contributed by atoms with Crippen LogP contribution in [0.4, 0.5) is 0 Å². The number of rotatable bonds is 7. The van der Waals surface area contributed by atoms with E-state index in [-0.39, 0.29) is 5.91 Å². The van der Waals surface area contributed by atoms with Gasteiger partial charge in [-0.05, 0) is 39.7 Å². The van der Waals surface area contributed by atoms with Gasteiger partial charge in [0, 0.05) is 5.56 Å². The number of hydrogen-bond acceptors (Lipinski definition) is 3. The molecule has 2 aromatic rings. The molecule has 0 bridgehead atoms. The van der Waals surface area contributed by atoms with Gasteiger partial charge in [0.1, 0.15) is 38.5 Å². The minimum Gasteiger partial charge on any atom is -0.496 e. The molecule has 0 radical (unpaired) electrons. The average Bonchev–Trinajstić information content (AvgIpc) is 2.70. The van der Waals surface area contributed by atoms with Crippen LogP contribution in [0, 0.1) is 0 Å². The number of piperazine rings is 1. The third-order valence-corrected chi connectivity index (χ3v) is 5.57. The molecule has 1 aliphatic heterocycles. The molecular formula is C21H27BrN4O2+2. The molecule has 28 heavy (non-hydrogen) atoms. The predicted molar refractivity (Wildman–Crippen MR) is 113 cm³/mol. The fourth-order valence-corrected chi connectivity index (χ4v) is 3.96. The first kappa shape index (κ1) is 20.5. The summed E-state index contributed by atoms with van der Waals surface area (Å²) in [6.45, 7) is 5.70. The van der Waals surface area contributed by atoms with Crippen LogP contribution in [0.2, 0.25) is 0 Å². The van der Waals surface area contributed by atoms with Gasteiger partial charge in [-0.15, -0.1) is 0 Å². The normalized spacial score (nSPS) is 19.5. The van der Waals surface area contributed by atoms with Crippen molar-refractivity contribution in [1.82, 2.24) is 5.43 Å². The van der Waals surface area contributed by atoms with Gasteiger partial charge in [-0.2, -0.15) is 5.10 Å². The molecular weight excluding hydrogens is 420 g/mol. The van der Waals surface area contributed by atoms with Crippen molar-refractivity contribution in [2.24, 2.45) is 5.10 Å². The highest BCUT2D eigenvalue weighted by Crippen LogP contribution is 2.24. The zero-order valence-corrected chi connectivity index (χ0v) is 17.7. The lowest BCUT2D eigenvalue weighted by atomic mass is 10.2. The lowest BCUT2D eigenvalue weighted by Gasteiger charge is -2.29. The third kappa shape index (κ3) is 6.15. The maximum atomic E-state index is 12.2. The van der Waals surface area contributed by atoms with Gasteiger partial charge in [0.25, 0.3) is 5.91 Å². The Morgan fingerprint density at radius 2 is 1.86 bits per heavy atom. The van der Waals surface area contributed by atoms with Gasteiger partial charge in [-0.3, -0.25) is 4.79 Å². The summed E-state index contributed by atoms with van der Waals surface area (Å²) in [6, 6.07) is 16.2. The Balaban J connectivity index is 1.39. The van der Waals surface area contributed by atoms with Crippen LogP contribution in [0.1, 0.15) is 11.1 Å². The van der Waals surface area contributed by atoms with Crippen LogP contribution in [0.3, 0.4) is 0 Å². The van der Waals surface area contributed by atoms with Crippen LogP contribution in [0.25, 0.3) is 0 Å². The van der Waals surface area contributed by atoms with Crippen molar-refractivity contribution in [3.63, 3.8) is 0 Å². The van der Waals surface area contributed by atoms with E-state index in [2.05, 4.69) is 56.8 Å². The summed E-state index contributed by atoms with van der Waals surface area (Å²) >= 11 is 3.44. The molecule has 0 spiro atoms. The minimum atomic E-state index is -0.0506. The number of carbonyl (C=O) groups excluding carboxylic acids is 1. The van der Waals surface area contributed by atoms with Crippen molar-refractivity contribution >= 4 is 28.1 Å². The number of hydrogen-bond donors (Lipinski definition) is 3. The van der Waals surface area contributed by atoms with Crippen LogP contribution >= 0.6 is 15.9 Å². The second-order valence-corrected chi connectivity index (χ2v) is 7.88. The summed E-state index contributed by atoms with van der Waals surface area (Å²) < 4.78 is 6.05. The molecule has 2 aromatic carbocycles. The standard InChI is InChI=1S/C21H25BrN4O2/c1-28-20-8-7-18(13-19(20)22)14-23-24-21(27)16-26-11-9-25(10-12-26)15-17-5-3-2-4-6-17/h2-8,13-14H,9-12,15-16H2,1H3,(H,24,27)/p+2. The molecule has 0 saturated carbocycles. The van der Waals surface area contributed by atoms with Crippen LogP contribution in [-0.2, 0) is 11.3 Å². The summed E-state index contributed by atoms with van der Waals surface area (Å²) in [5.41, 5.74) is 4.89. The number of methoxy groups -OCH3 is 1. The fourth-order valence-electron chi connectivity index (χ4n) is 3.40. The topological polar surface area (TPSA) is 59.6 Å². The fraction of sp³-hybridized carbons (Fsp3) is 0.333. The van der Waals surface area contributed by atoms with Crippen molar-refractivity contribution in [1.29, 1.82) is 0 Å². The maximum Gasteiger partial charge on any atom is 0.295 e. The van der Waals surface area contributed by atoms with Gasteiger partial charge in [-0.25, -0.2) is 5.43 Å². The van der Waals surface area contributed by atoms with Crippen molar-refractivity contribution in [2.75, 3.05) is 39.8 Å². The number of nitrogens with zero attached hydrogens (tertiary/aromatic N) is 1. The van der Waals surface area contributed by atoms with E-state index >= 15 is 0 Å². The van der Waals surface area contributed by atoms with Crippen molar-refractivity contribution in [2.45, 2.75) is 6.54 Å².